The first-order chi connectivity index (χ1) is 9.17. The quantitative estimate of drug-likeness (QED) is 0.867. The summed E-state index contributed by atoms with van der Waals surface area (Å²) in [5.74, 6) is 1.33. The van der Waals surface area contributed by atoms with Gasteiger partial charge in [-0.3, -0.25) is 4.40 Å². The van der Waals surface area contributed by atoms with Crippen LogP contribution < -0.4 is 0 Å². The van der Waals surface area contributed by atoms with Crippen molar-refractivity contribution in [2.45, 2.75) is 37.7 Å². The number of nitrogens with zero attached hydrogens (tertiary/aromatic N) is 2. The van der Waals surface area contributed by atoms with Crippen LogP contribution in [0.25, 0.3) is 5.52 Å². The summed E-state index contributed by atoms with van der Waals surface area (Å²) in [4.78, 5) is 4.17. The standard InChI is InChI=1S/C15H17ClN2O/c16-13-5-4-12-8-17-9-18(12)14(13)15(19)6-10-2-1-3-11(10)7-15/h4-5,8-11,19H,1-3,6-7H2/t10-,11+,15?. The molecular formula is C15H17ClN2O. The lowest BCUT2D eigenvalue weighted by Gasteiger charge is -2.26. The Hall–Kier alpha value is -1.06. The molecule has 100 valence electrons. The Morgan fingerprint density at radius 1 is 1.26 bits per heavy atom. The molecule has 3 nitrogen and oxygen atoms in total. The molecule has 0 amide bonds. The molecule has 4 rings (SSSR count). The second-order valence-electron chi connectivity index (χ2n) is 6.11. The Balaban J connectivity index is 1.86. The summed E-state index contributed by atoms with van der Waals surface area (Å²) in [6.07, 6.45) is 9.06. The minimum Gasteiger partial charge on any atom is -0.384 e. The fraction of sp³-hybridized carbons (Fsp3) is 0.533. The fourth-order valence-electron chi connectivity index (χ4n) is 4.21. The first-order valence-corrected chi connectivity index (χ1v) is 7.39. The normalized spacial score (nSPS) is 34.0. The second-order valence-corrected chi connectivity index (χ2v) is 6.52. The molecule has 2 aromatic heterocycles. The van der Waals surface area contributed by atoms with Crippen molar-refractivity contribution in [1.29, 1.82) is 0 Å². The number of hydrogen-bond acceptors (Lipinski definition) is 2. The maximum absolute atomic E-state index is 11.1. The number of aromatic nitrogens is 2. The molecule has 19 heavy (non-hydrogen) atoms. The van der Waals surface area contributed by atoms with Gasteiger partial charge in [-0.1, -0.05) is 30.9 Å². The average molecular weight is 277 g/mol. The zero-order chi connectivity index (χ0) is 13.0. The molecular weight excluding hydrogens is 260 g/mol. The highest BCUT2D eigenvalue weighted by Gasteiger charge is 2.48. The van der Waals surface area contributed by atoms with E-state index in [1.165, 1.54) is 19.3 Å². The summed E-state index contributed by atoms with van der Waals surface area (Å²) in [7, 11) is 0. The molecule has 3 atom stereocenters. The van der Waals surface area contributed by atoms with Crippen LogP contribution in [-0.4, -0.2) is 14.5 Å². The molecule has 0 radical (unpaired) electrons. The minimum absolute atomic E-state index is 0.646. The summed E-state index contributed by atoms with van der Waals surface area (Å²) in [5.41, 5.74) is 1.04. The van der Waals surface area contributed by atoms with Gasteiger partial charge in [0.25, 0.3) is 0 Å². The number of halogens is 1. The molecule has 2 aliphatic carbocycles. The lowest BCUT2D eigenvalue weighted by Crippen LogP contribution is -2.26. The van der Waals surface area contributed by atoms with E-state index < -0.39 is 5.60 Å². The van der Waals surface area contributed by atoms with Crippen molar-refractivity contribution < 1.29 is 5.11 Å². The van der Waals surface area contributed by atoms with Crippen molar-refractivity contribution in [1.82, 2.24) is 9.38 Å². The van der Waals surface area contributed by atoms with Crippen LogP contribution in [-0.2, 0) is 5.60 Å². The van der Waals surface area contributed by atoms with Crippen LogP contribution in [0.1, 0.15) is 37.8 Å². The second kappa shape index (κ2) is 3.97. The first-order valence-electron chi connectivity index (χ1n) is 7.01. The summed E-state index contributed by atoms with van der Waals surface area (Å²) in [6.45, 7) is 0. The molecule has 2 aromatic rings. The third kappa shape index (κ3) is 1.65. The fourth-order valence-corrected chi connectivity index (χ4v) is 4.54. The molecule has 2 fully saturated rings. The van der Waals surface area contributed by atoms with E-state index in [0.717, 1.165) is 24.1 Å². The van der Waals surface area contributed by atoms with Gasteiger partial charge < -0.3 is 5.11 Å². The van der Waals surface area contributed by atoms with Crippen molar-refractivity contribution in [3.8, 4) is 0 Å². The maximum Gasteiger partial charge on any atom is 0.107 e. The van der Waals surface area contributed by atoms with Gasteiger partial charge in [0.05, 0.1) is 28.8 Å². The molecule has 2 aliphatic rings. The first kappa shape index (κ1) is 11.7. The monoisotopic (exact) mass is 276 g/mol. The molecule has 0 aliphatic heterocycles. The van der Waals surface area contributed by atoms with Crippen LogP contribution in [0.4, 0.5) is 0 Å². The van der Waals surface area contributed by atoms with Gasteiger partial charge in [-0.05, 0) is 36.8 Å². The lowest BCUT2D eigenvalue weighted by atomic mass is 9.93. The molecule has 1 unspecified atom stereocenters. The van der Waals surface area contributed by atoms with Gasteiger partial charge in [0.2, 0.25) is 0 Å². The third-order valence-corrected chi connectivity index (χ3v) is 5.30. The van der Waals surface area contributed by atoms with E-state index in [-0.39, 0.29) is 0 Å². The minimum atomic E-state index is -0.785. The molecule has 0 saturated heterocycles. The van der Waals surface area contributed by atoms with Crippen molar-refractivity contribution in [3.05, 3.63) is 35.4 Å². The van der Waals surface area contributed by atoms with Crippen molar-refractivity contribution >= 4 is 17.1 Å². The van der Waals surface area contributed by atoms with Crippen molar-refractivity contribution in [3.63, 3.8) is 0 Å². The van der Waals surface area contributed by atoms with Gasteiger partial charge >= 0.3 is 0 Å². The van der Waals surface area contributed by atoms with Crippen LogP contribution >= 0.6 is 11.6 Å². The van der Waals surface area contributed by atoms with Crippen molar-refractivity contribution in [2.24, 2.45) is 11.8 Å². The summed E-state index contributed by atoms with van der Waals surface area (Å²) in [5, 5.41) is 11.8. The number of hydrogen-bond donors (Lipinski definition) is 1. The Morgan fingerprint density at radius 3 is 2.74 bits per heavy atom. The Kier molecular flexibility index (Phi) is 2.45. The summed E-state index contributed by atoms with van der Waals surface area (Å²) < 4.78 is 1.95. The summed E-state index contributed by atoms with van der Waals surface area (Å²) in [6, 6.07) is 3.82. The SMILES string of the molecule is OC1(c2c(Cl)ccc3cncn23)C[C@H]2CCC[C@H]2C1. The van der Waals surface area contributed by atoms with Gasteiger partial charge in [-0.25, -0.2) is 4.98 Å². The molecule has 4 heteroatoms. The molecule has 0 spiro atoms. The Morgan fingerprint density at radius 2 is 2.00 bits per heavy atom. The van der Waals surface area contributed by atoms with Crippen LogP contribution in [0.5, 0.6) is 0 Å². The zero-order valence-electron chi connectivity index (χ0n) is 10.7. The van der Waals surface area contributed by atoms with E-state index in [0.29, 0.717) is 16.9 Å². The van der Waals surface area contributed by atoms with E-state index in [1.807, 2.05) is 16.5 Å². The van der Waals surface area contributed by atoms with Crippen LogP contribution in [0.3, 0.4) is 0 Å². The van der Waals surface area contributed by atoms with E-state index in [4.69, 9.17) is 11.6 Å². The molecule has 1 N–H and O–H groups in total. The number of fused-ring (bicyclic) bond motifs is 2. The van der Waals surface area contributed by atoms with Gasteiger partial charge in [-0.2, -0.15) is 0 Å². The number of imidazole rings is 1. The third-order valence-electron chi connectivity index (χ3n) is 4.99. The van der Waals surface area contributed by atoms with E-state index in [9.17, 15) is 5.11 Å². The number of aliphatic hydroxyl groups is 1. The topological polar surface area (TPSA) is 37.5 Å². The Labute approximate surface area is 117 Å². The number of rotatable bonds is 1. The van der Waals surface area contributed by atoms with Gasteiger partial charge in [0.1, 0.15) is 5.60 Å². The van der Waals surface area contributed by atoms with E-state index >= 15 is 0 Å². The van der Waals surface area contributed by atoms with Gasteiger partial charge in [0.15, 0.2) is 0 Å². The van der Waals surface area contributed by atoms with Crippen LogP contribution in [0.15, 0.2) is 24.7 Å². The Bertz CT molecular complexity index is 624. The smallest absolute Gasteiger partial charge is 0.107 e. The highest BCUT2D eigenvalue weighted by atomic mass is 35.5. The maximum atomic E-state index is 11.1. The van der Waals surface area contributed by atoms with Gasteiger partial charge in [-0.15, -0.1) is 0 Å². The molecule has 2 heterocycles. The highest BCUT2D eigenvalue weighted by Crippen LogP contribution is 2.53. The molecule has 0 bridgehead atoms. The largest absolute Gasteiger partial charge is 0.384 e. The molecule has 0 aromatic carbocycles. The van der Waals surface area contributed by atoms with Crippen molar-refractivity contribution in [2.75, 3.05) is 0 Å². The number of pyridine rings is 1. The van der Waals surface area contributed by atoms with E-state index in [1.54, 1.807) is 12.5 Å². The predicted octanol–water partition coefficient (Wildman–Crippen LogP) is 3.39. The van der Waals surface area contributed by atoms with Crippen LogP contribution in [0, 0.1) is 11.8 Å². The lowest BCUT2D eigenvalue weighted by molar-refractivity contribution is 0.0297. The van der Waals surface area contributed by atoms with Crippen LogP contribution in [0.2, 0.25) is 5.02 Å². The highest BCUT2D eigenvalue weighted by molar-refractivity contribution is 6.31. The average Bonchev–Trinajstić information content (AvgIpc) is 3.02. The summed E-state index contributed by atoms with van der Waals surface area (Å²) >= 11 is 6.38. The zero-order valence-corrected chi connectivity index (χ0v) is 11.5. The van der Waals surface area contributed by atoms with E-state index in [2.05, 4.69) is 4.98 Å². The van der Waals surface area contributed by atoms with Gasteiger partial charge in [0, 0.05) is 0 Å². The predicted molar refractivity (Wildman–Crippen MR) is 74.2 cm³/mol. The molecule has 2 saturated carbocycles.